The van der Waals surface area contributed by atoms with Crippen molar-refractivity contribution in [3.05, 3.63) is 151 Å². The van der Waals surface area contributed by atoms with Crippen molar-refractivity contribution in [3.8, 4) is 23.0 Å². The van der Waals surface area contributed by atoms with E-state index in [2.05, 4.69) is 0 Å². The van der Waals surface area contributed by atoms with Crippen LogP contribution in [-0.2, 0) is 31.1 Å². The first-order valence-electron chi connectivity index (χ1n) is 21.3. The molecule has 0 saturated heterocycles. The van der Waals surface area contributed by atoms with Gasteiger partial charge in [-0.1, -0.05) is 130 Å². The van der Waals surface area contributed by atoms with Crippen LogP contribution in [0.5, 0.6) is 23.0 Å². The number of phenolic OH excluding ortho intramolecular Hbond substituents is 4. The molecule has 0 radical (unpaired) electrons. The summed E-state index contributed by atoms with van der Waals surface area (Å²) in [6.45, 7) is 31.5. The minimum absolute atomic E-state index is 0.0321. The van der Waals surface area contributed by atoms with Gasteiger partial charge in [-0.2, -0.15) is 0 Å². The van der Waals surface area contributed by atoms with Gasteiger partial charge in [-0.15, -0.1) is 0 Å². The molecule has 0 fully saturated rings. The van der Waals surface area contributed by atoms with Gasteiger partial charge in [-0.05, 0) is 120 Å². The summed E-state index contributed by atoms with van der Waals surface area (Å²) in [7, 11) is 0. The van der Waals surface area contributed by atoms with Gasteiger partial charge in [0.25, 0.3) is 0 Å². The number of aryl methyl sites for hydroxylation is 4. The lowest BCUT2D eigenvalue weighted by Crippen LogP contribution is -2.19. The molecule has 5 aromatic carbocycles. The summed E-state index contributed by atoms with van der Waals surface area (Å²) >= 11 is 0. The number of rotatable bonds is 8. The molecule has 8 heteroatoms. The SMILES string of the molecule is Cc1cc(C(OC(=O)c2ccc(C(=O)OC(c3cc(C)cc(C(C)(C)C)c3O)c3cc(C)cc(C(C)(C)C)c3O)cc2)c2cc(C)cc(C(C)(C)C)c2O)c(O)c(C(C)(C)C)c1. The zero-order chi connectivity index (χ0) is 46.6. The summed E-state index contributed by atoms with van der Waals surface area (Å²) in [5, 5.41) is 47.2. The van der Waals surface area contributed by atoms with Crippen molar-refractivity contribution >= 4 is 11.9 Å². The highest BCUT2D eigenvalue weighted by Crippen LogP contribution is 2.47. The Labute approximate surface area is 368 Å². The van der Waals surface area contributed by atoms with E-state index in [-0.39, 0.29) is 34.1 Å². The van der Waals surface area contributed by atoms with Gasteiger partial charge >= 0.3 is 11.9 Å². The van der Waals surface area contributed by atoms with Crippen molar-refractivity contribution in [2.75, 3.05) is 0 Å². The summed E-state index contributed by atoms with van der Waals surface area (Å²) < 4.78 is 12.6. The van der Waals surface area contributed by atoms with E-state index in [9.17, 15) is 30.0 Å². The average Bonchev–Trinajstić information content (AvgIpc) is 3.14. The highest BCUT2D eigenvalue weighted by Gasteiger charge is 2.35. The Morgan fingerprint density at radius 3 is 0.758 bits per heavy atom. The van der Waals surface area contributed by atoms with Crippen molar-refractivity contribution in [2.24, 2.45) is 0 Å². The predicted molar refractivity (Wildman–Crippen MR) is 247 cm³/mol. The second-order valence-corrected chi connectivity index (χ2v) is 21.1. The lowest BCUT2D eigenvalue weighted by Gasteiger charge is -2.29. The Kier molecular flexibility index (Phi) is 12.8. The van der Waals surface area contributed by atoms with Crippen molar-refractivity contribution < 1.29 is 39.5 Å². The number of phenols is 4. The smallest absolute Gasteiger partial charge is 0.339 e. The molecular formula is C54H66O8. The third-order valence-electron chi connectivity index (χ3n) is 11.3. The first kappa shape index (κ1) is 47.3. The van der Waals surface area contributed by atoms with E-state index in [4.69, 9.17) is 9.47 Å². The third-order valence-corrected chi connectivity index (χ3v) is 11.3. The number of carbonyl (C=O) groups excluding carboxylic acids is 2. The van der Waals surface area contributed by atoms with E-state index < -0.39 is 45.8 Å². The van der Waals surface area contributed by atoms with Crippen molar-refractivity contribution in [3.63, 3.8) is 0 Å². The fraction of sp³-hybridized carbons (Fsp3) is 0.407. The first-order valence-corrected chi connectivity index (χ1v) is 21.3. The molecule has 330 valence electrons. The summed E-state index contributed by atoms with van der Waals surface area (Å²) in [6.07, 6.45) is -2.40. The number of hydrogen-bond acceptors (Lipinski definition) is 8. The Morgan fingerprint density at radius 2 is 0.581 bits per heavy atom. The molecule has 0 aromatic heterocycles. The zero-order valence-electron chi connectivity index (χ0n) is 39.5. The van der Waals surface area contributed by atoms with Crippen LogP contribution in [0.1, 0.15) is 183 Å². The van der Waals surface area contributed by atoms with Crippen LogP contribution in [0.2, 0.25) is 0 Å². The van der Waals surface area contributed by atoms with E-state index in [0.29, 0.717) is 44.5 Å². The molecule has 8 nitrogen and oxygen atoms in total. The van der Waals surface area contributed by atoms with Crippen LogP contribution in [-0.4, -0.2) is 32.4 Å². The lowest BCUT2D eigenvalue weighted by molar-refractivity contribution is 0.0355. The predicted octanol–water partition coefficient (Wildman–Crippen LogP) is 12.8. The molecule has 0 aliphatic carbocycles. The van der Waals surface area contributed by atoms with E-state index >= 15 is 0 Å². The summed E-state index contributed by atoms with van der Waals surface area (Å²) in [4.78, 5) is 28.4. The standard InChI is InChI=1S/C54H66O8/c1-29-21-35(43(55)39(25-29)51(5,6)7)47(36-22-30(2)26-40(44(36)56)52(8,9)10)61-49(59)33-17-19-34(20-18-33)50(60)62-48(37-23-31(3)27-41(45(37)57)53(11,12)13)38-24-32(4)28-42(46(38)58)54(14,15)16/h17-28,47-48,55-58H,1-16H3. The molecule has 0 heterocycles. The largest absolute Gasteiger partial charge is 0.507 e. The number of carbonyl (C=O) groups is 2. The van der Waals surface area contributed by atoms with Crippen molar-refractivity contribution in [2.45, 2.75) is 145 Å². The summed E-state index contributed by atoms with van der Waals surface area (Å²) in [5.74, 6) is -1.62. The Hall–Kier alpha value is -5.76. The van der Waals surface area contributed by atoms with Crippen LogP contribution in [0, 0.1) is 27.7 Å². The maximum atomic E-state index is 14.2. The molecule has 0 spiro atoms. The van der Waals surface area contributed by atoms with Crippen molar-refractivity contribution in [1.29, 1.82) is 0 Å². The lowest BCUT2D eigenvalue weighted by atomic mass is 9.81. The highest BCUT2D eigenvalue weighted by atomic mass is 16.5. The third kappa shape index (κ3) is 9.96. The summed E-state index contributed by atoms with van der Waals surface area (Å²) in [5.41, 5.74) is 5.80. The molecular weight excluding hydrogens is 777 g/mol. The van der Waals surface area contributed by atoms with Crippen LogP contribution in [0.3, 0.4) is 0 Å². The molecule has 0 bridgehead atoms. The Balaban J connectivity index is 1.58. The first-order chi connectivity index (χ1) is 28.4. The number of hydrogen-bond donors (Lipinski definition) is 4. The number of benzene rings is 5. The fourth-order valence-electron chi connectivity index (χ4n) is 8.00. The van der Waals surface area contributed by atoms with E-state index in [0.717, 1.165) is 22.3 Å². The van der Waals surface area contributed by atoms with Crippen LogP contribution in [0.4, 0.5) is 0 Å². The maximum Gasteiger partial charge on any atom is 0.339 e. The average molecular weight is 843 g/mol. The van der Waals surface area contributed by atoms with E-state index in [1.165, 1.54) is 24.3 Å². The topological polar surface area (TPSA) is 134 Å². The van der Waals surface area contributed by atoms with Crippen LogP contribution in [0.25, 0.3) is 0 Å². The van der Waals surface area contributed by atoms with Crippen molar-refractivity contribution in [1.82, 2.24) is 0 Å². The monoisotopic (exact) mass is 842 g/mol. The molecule has 4 N–H and O–H groups in total. The van der Waals surface area contributed by atoms with Gasteiger partial charge < -0.3 is 29.9 Å². The summed E-state index contributed by atoms with van der Waals surface area (Å²) in [6, 6.07) is 20.5. The molecule has 0 aliphatic rings. The molecule has 0 unspecified atom stereocenters. The van der Waals surface area contributed by atoms with Gasteiger partial charge in [0.1, 0.15) is 23.0 Å². The minimum atomic E-state index is -1.20. The number of ether oxygens (including phenoxy) is 2. The van der Waals surface area contributed by atoms with Gasteiger partial charge in [-0.25, -0.2) is 9.59 Å². The van der Waals surface area contributed by atoms with Crippen LogP contribution < -0.4 is 0 Å². The highest BCUT2D eigenvalue weighted by molar-refractivity contribution is 5.94. The van der Waals surface area contributed by atoms with Gasteiger partial charge in [0.2, 0.25) is 0 Å². The maximum absolute atomic E-state index is 14.2. The fourth-order valence-corrected chi connectivity index (χ4v) is 8.00. The van der Waals surface area contributed by atoms with Crippen LogP contribution >= 0.6 is 0 Å². The number of esters is 2. The van der Waals surface area contributed by atoms with Gasteiger partial charge in [0.15, 0.2) is 12.2 Å². The zero-order valence-corrected chi connectivity index (χ0v) is 39.5. The molecule has 62 heavy (non-hydrogen) atoms. The molecule has 0 atom stereocenters. The molecule has 5 rings (SSSR count). The Morgan fingerprint density at radius 1 is 0.387 bits per heavy atom. The normalized spacial score (nSPS) is 12.5. The molecule has 0 saturated carbocycles. The molecule has 5 aromatic rings. The van der Waals surface area contributed by atoms with E-state index in [1.54, 1.807) is 24.3 Å². The Bertz CT molecular complexity index is 2200. The second kappa shape index (κ2) is 16.8. The van der Waals surface area contributed by atoms with Crippen LogP contribution in [0.15, 0.2) is 72.8 Å². The molecule has 0 amide bonds. The van der Waals surface area contributed by atoms with Gasteiger partial charge in [-0.3, -0.25) is 0 Å². The second-order valence-electron chi connectivity index (χ2n) is 21.1. The quantitative estimate of drug-likeness (QED) is 0.114. The number of aromatic hydroxyl groups is 4. The van der Waals surface area contributed by atoms with E-state index in [1.807, 2.05) is 135 Å². The minimum Gasteiger partial charge on any atom is -0.507 e. The van der Waals surface area contributed by atoms with Gasteiger partial charge in [0.05, 0.1) is 11.1 Å². The molecule has 0 aliphatic heterocycles. The van der Waals surface area contributed by atoms with Gasteiger partial charge in [0, 0.05) is 22.3 Å².